The molecule has 1 aromatic carbocycles. The highest BCUT2D eigenvalue weighted by atomic mass is 19.1. The molecular weight excluding hydrogens is 295 g/mol. The van der Waals surface area contributed by atoms with E-state index < -0.39 is 5.60 Å². The van der Waals surface area contributed by atoms with Crippen molar-refractivity contribution in [1.29, 1.82) is 0 Å². The van der Waals surface area contributed by atoms with Crippen molar-refractivity contribution in [2.75, 3.05) is 5.32 Å². The van der Waals surface area contributed by atoms with Gasteiger partial charge in [-0.25, -0.2) is 9.37 Å². The Labute approximate surface area is 136 Å². The highest BCUT2D eigenvalue weighted by Crippen LogP contribution is 2.20. The minimum Gasteiger partial charge on any atom is -0.390 e. The van der Waals surface area contributed by atoms with E-state index in [0.29, 0.717) is 17.2 Å². The molecule has 0 amide bonds. The zero-order valence-electron chi connectivity index (χ0n) is 13.8. The first-order chi connectivity index (χ1) is 10.8. The summed E-state index contributed by atoms with van der Waals surface area (Å²) in [5.74, 6) is 0.0405. The molecule has 124 valence electrons. The van der Waals surface area contributed by atoms with Gasteiger partial charge in [-0.05, 0) is 52.2 Å². The van der Waals surface area contributed by atoms with Gasteiger partial charge in [0.1, 0.15) is 5.82 Å². The summed E-state index contributed by atoms with van der Waals surface area (Å²) < 4.78 is 13.8. The Balaban J connectivity index is 1.99. The lowest BCUT2D eigenvalue weighted by Gasteiger charge is -2.19. The molecule has 0 aliphatic rings. The second kappa shape index (κ2) is 7.46. The number of hydrogen-bond donors (Lipinski definition) is 2. The summed E-state index contributed by atoms with van der Waals surface area (Å²) in [7, 11) is 0. The molecule has 1 heterocycles. The summed E-state index contributed by atoms with van der Waals surface area (Å²) in [5.41, 5.74) is 0.201. The predicted molar refractivity (Wildman–Crippen MR) is 88.5 cm³/mol. The molecule has 0 fully saturated rings. The van der Waals surface area contributed by atoms with E-state index in [1.165, 1.54) is 12.3 Å². The Bertz CT molecular complexity index is 642. The summed E-state index contributed by atoms with van der Waals surface area (Å²) >= 11 is 0. The third kappa shape index (κ3) is 5.56. The first-order valence-corrected chi connectivity index (χ1v) is 7.79. The standard InChI is InChI=1S/C17H23FN4O/c1-12(7-6-10-17(2,3)23)20-16-21-15(11-19-22-16)13-8-4-5-9-14(13)18/h4-5,8-9,11-12,23H,6-7,10H2,1-3H3,(H,20,21,22)/t12-/m1/s1. The lowest BCUT2D eigenvalue weighted by atomic mass is 10.00. The molecule has 5 nitrogen and oxygen atoms in total. The normalized spacial score (nSPS) is 12.9. The van der Waals surface area contributed by atoms with Crippen LogP contribution in [0.25, 0.3) is 11.3 Å². The van der Waals surface area contributed by atoms with Gasteiger partial charge in [-0.15, -0.1) is 5.10 Å². The number of aromatic nitrogens is 3. The minimum atomic E-state index is -0.650. The fourth-order valence-electron chi connectivity index (χ4n) is 2.30. The van der Waals surface area contributed by atoms with Gasteiger partial charge < -0.3 is 10.4 Å². The molecule has 2 rings (SSSR count). The molecule has 6 heteroatoms. The number of nitrogens with zero attached hydrogens (tertiary/aromatic N) is 3. The van der Waals surface area contributed by atoms with Crippen molar-refractivity contribution in [3.8, 4) is 11.3 Å². The van der Waals surface area contributed by atoms with Crippen LogP contribution in [0.1, 0.15) is 40.0 Å². The van der Waals surface area contributed by atoms with E-state index in [1.54, 1.807) is 32.0 Å². The molecule has 1 atom stereocenters. The average molecular weight is 318 g/mol. The van der Waals surface area contributed by atoms with Gasteiger partial charge in [-0.1, -0.05) is 12.1 Å². The van der Waals surface area contributed by atoms with E-state index >= 15 is 0 Å². The Hall–Kier alpha value is -2.08. The van der Waals surface area contributed by atoms with Gasteiger partial charge in [0.25, 0.3) is 0 Å². The highest BCUT2D eigenvalue weighted by molar-refractivity contribution is 5.59. The summed E-state index contributed by atoms with van der Waals surface area (Å²) in [6.45, 7) is 5.62. The van der Waals surface area contributed by atoms with Crippen molar-refractivity contribution in [2.24, 2.45) is 0 Å². The van der Waals surface area contributed by atoms with Crippen LogP contribution in [0.15, 0.2) is 30.5 Å². The van der Waals surface area contributed by atoms with Crippen molar-refractivity contribution < 1.29 is 9.50 Å². The van der Waals surface area contributed by atoms with Crippen LogP contribution in [0.5, 0.6) is 0 Å². The maximum absolute atomic E-state index is 13.8. The van der Waals surface area contributed by atoms with Crippen LogP contribution in [0, 0.1) is 5.82 Å². The minimum absolute atomic E-state index is 0.134. The Morgan fingerprint density at radius 3 is 2.74 bits per heavy atom. The second-order valence-corrected chi connectivity index (χ2v) is 6.40. The van der Waals surface area contributed by atoms with Crippen LogP contribution in [0.4, 0.5) is 10.3 Å². The van der Waals surface area contributed by atoms with E-state index in [9.17, 15) is 9.50 Å². The number of benzene rings is 1. The van der Waals surface area contributed by atoms with E-state index in [-0.39, 0.29) is 11.9 Å². The van der Waals surface area contributed by atoms with Crippen molar-refractivity contribution in [3.05, 3.63) is 36.3 Å². The fourth-order valence-corrected chi connectivity index (χ4v) is 2.30. The Morgan fingerprint density at radius 1 is 1.30 bits per heavy atom. The van der Waals surface area contributed by atoms with Crippen molar-refractivity contribution in [1.82, 2.24) is 15.2 Å². The molecule has 2 N–H and O–H groups in total. The molecule has 0 bridgehead atoms. The quantitative estimate of drug-likeness (QED) is 0.818. The smallest absolute Gasteiger partial charge is 0.243 e. The SMILES string of the molecule is C[C@H](CCCC(C)(C)O)Nc1nncc(-c2ccccc2F)n1. The fraction of sp³-hybridized carbons (Fsp3) is 0.471. The summed E-state index contributed by atoms with van der Waals surface area (Å²) in [6, 6.07) is 6.58. The molecule has 0 aliphatic heterocycles. The molecule has 0 aliphatic carbocycles. The van der Waals surface area contributed by atoms with Crippen LogP contribution in [-0.4, -0.2) is 31.9 Å². The third-order valence-electron chi connectivity index (χ3n) is 3.51. The van der Waals surface area contributed by atoms with Crippen LogP contribution in [0.2, 0.25) is 0 Å². The molecule has 23 heavy (non-hydrogen) atoms. The molecule has 2 aromatic rings. The monoisotopic (exact) mass is 318 g/mol. The number of nitrogens with one attached hydrogen (secondary N) is 1. The van der Waals surface area contributed by atoms with Crippen molar-refractivity contribution in [2.45, 2.75) is 51.7 Å². The van der Waals surface area contributed by atoms with Gasteiger partial charge in [0.15, 0.2) is 0 Å². The largest absolute Gasteiger partial charge is 0.390 e. The summed E-state index contributed by atoms with van der Waals surface area (Å²) in [5, 5.41) is 20.7. The van der Waals surface area contributed by atoms with Crippen molar-refractivity contribution in [3.63, 3.8) is 0 Å². The van der Waals surface area contributed by atoms with Gasteiger partial charge in [0, 0.05) is 11.6 Å². The first-order valence-electron chi connectivity index (χ1n) is 7.79. The van der Waals surface area contributed by atoms with Crippen LogP contribution >= 0.6 is 0 Å². The average Bonchev–Trinajstić information content (AvgIpc) is 2.46. The third-order valence-corrected chi connectivity index (χ3v) is 3.51. The maximum Gasteiger partial charge on any atom is 0.243 e. The van der Waals surface area contributed by atoms with Crippen LogP contribution in [-0.2, 0) is 0 Å². The van der Waals surface area contributed by atoms with Gasteiger partial charge in [-0.2, -0.15) is 5.10 Å². The molecule has 0 spiro atoms. The molecule has 1 aromatic heterocycles. The van der Waals surface area contributed by atoms with E-state index in [2.05, 4.69) is 20.5 Å². The van der Waals surface area contributed by atoms with Crippen LogP contribution < -0.4 is 5.32 Å². The number of hydrogen-bond acceptors (Lipinski definition) is 5. The predicted octanol–water partition coefficient (Wildman–Crippen LogP) is 3.42. The van der Waals surface area contributed by atoms with Crippen molar-refractivity contribution >= 4 is 5.95 Å². The lowest BCUT2D eigenvalue weighted by molar-refractivity contribution is 0.0680. The van der Waals surface area contributed by atoms with E-state index in [4.69, 9.17) is 0 Å². The Morgan fingerprint density at radius 2 is 2.04 bits per heavy atom. The van der Waals surface area contributed by atoms with Gasteiger partial charge in [0.05, 0.1) is 17.5 Å². The molecule has 0 unspecified atom stereocenters. The van der Waals surface area contributed by atoms with E-state index in [1.807, 2.05) is 6.92 Å². The zero-order valence-corrected chi connectivity index (χ0v) is 13.8. The molecular formula is C17H23FN4O. The maximum atomic E-state index is 13.8. The number of aliphatic hydroxyl groups is 1. The number of halogens is 1. The van der Waals surface area contributed by atoms with Crippen LogP contribution in [0.3, 0.4) is 0 Å². The van der Waals surface area contributed by atoms with Gasteiger partial charge in [-0.3, -0.25) is 0 Å². The number of anilines is 1. The zero-order chi connectivity index (χ0) is 16.9. The van der Waals surface area contributed by atoms with E-state index in [0.717, 1.165) is 19.3 Å². The summed E-state index contributed by atoms with van der Waals surface area (Å²) in [4.78, 5) is 4.33. The lowest BCUT2D eigenvalue weighted by Crippen LogP contribution is -2.21. The highest BCUT2D eigenvalue weighted by Gasteiger charge is 2.14. The molecule has 0 saturated carbocycles. The number of rotatable bonds is 7. The topological polar surface area (TPSA) is 70.9 Å². The first kappa shape index (κ1) is 17.3. The molecule has 0 saturated heterocycles. The molecule has 0 radical (unpaired) electrons. The van der Waals surface area contributed by atoms with Gasteiger partial charge in [0.2, 0.25) is 5.95 Å². The summed E-state index contributed by atoms with van der Waals surface area (Å²) in [6.07, 6.45) is 3.94. The van der Waals surface area contributed by atoms with Gasteiger partial charge >= 0.3 is 0 Å². The second-order valence-electron chi connectivity index (χ2n) is 6.40. The Kier molecular flexibility index (Phi) is 5.60.